The summed E-state index contributed by atoms with van der Waals surface area (Å²) in [4.78, 5) is 4.74. The number of methoxy groups -OCH3 is 2. The fourth-order valence-corrected chi connectivity index (χ4v) is 5.47. The predicted molar refractivity (Wildman–Crippen MR) is 156 cm³/mol. The number of fused-ring (bicyclic) bond motifs is 1. The summed E-state index contributed by atoms with van der Waals surface area (Å²) in [6, 6.07) is 21.4. The molecule has 2 radical (unpaired) electrons. The number of hydrogen-bond acceptors (Lipinski definition) is 7. The van der Waals surface area contributed by atoms with Gasteiger partial charge in [0.2, 0.25) is 10.0 Å². The van der Waals surface area contributed by atoms with Gasteiger partial charge in [0.25, 0.3) is 0 Å². The molecule has 12 heteroatoms. The van der Waals surface area contributed by atoms with E-state index in [0.717, 1.165) is 16.7 Å². The van der Waals surface area contributed by atoms with Gasteiger partial charge in [-0.05, 0) is 34.8 Å². The lowest BCUT2D eigenvalue weighted by molar-refractivity contribution is 0.354. The van der Waals surface area contributed by atoms with Crippen LogP contribution in [-0.2, 0) is 23.1 Å². The van der Waals surface area contributed by atoms with E-state index >= 15 is 0 Å². The third-order valence-corrected chi connectivity index (χ3v) is 7.97. The van der Waals surface area contributed by atoms with Crippen LogP contribution in [0.2, 0.25) is 5.02 Å². The van der Waals surface area contributed by atoms with Crippen LogP contribution in [0.3, 0.4) is 0 Å². The van der Waals surface area contributed by atoms with E-state index in [1.165, 1.54) is 26.4 Å². The molecule has 0 fully saturated rings. The molecule has 40 heavy (non-hydrogen) atoms. The number of aromatic nitrogens is 3. The minimum absolute atomic E-state index is 0.0810. The summed E-state index contributed by atoms with van der Waals surface area (Å²) in [6.45, 7) is 0.549. The number of halogens is 1. The van der Waals surface area contributed by atoms with Gasteiger partial charge in [0, 0.05) is 42.0 Å². The molecule has 2 heterocycles. The van der Waals surface area contributed by atoms with Gasteiger partial charge in [0.05, 0.1) is 24.8 Å². The molecule has 0 spiro atoms. The van der Waals surface area contributed by atoms with E-state index in [9.17, 15) is 8.42 Å². The molecule has 202 valence electrons. The lowest BCUT2D eigenvalue weighted by Crippen LogP contribution is -2.23. The highest BCUT2D eigenvalue weighted by Crippen LogP contribution is 2.30. The Kier molecular flexibility index (Phi) is 7.97. The summed E-state index contributed by atoms with van der Waals surface area (Å²) >= 11 is 6.42. The zero-order valence-electron chi connectivity index (χ0n) is 21.8. The molecule has 0 atom stereocenters. The standard InChI is InChI=1S/C28H25BClN5O4S/c1-38-25-11-10-20(13-26(25)39-2)40(36,37)33-16-19-7-5-6-18(12-19)15-31-27-14-24(21-8-3-4-9-23(21)30)34-28-22(29)17-32-35(27)28/h3-14,17,31,33H,15-16H2,1-2H3. The summed E-state index contributed by atoms with van der Waals surface area (Å²) in [5.41, 5.74) is 4.12. The van der Waals surface area contributed by atoms with Crippen molar-refractivity contribution >= 4 is 46.4 Å². The van der Waals surface area contributed by atoms with Gasteiger partial charge in [-0.25, -0.2) is 18.1 Å². The molecule has 0 aliphatic heterocycles. The Hall–Kier alpha value is -4.06. The molecular weight excluding hydrogens is 549 g/mol. The molecule has 2 aromatic heterocycles. The van der Waals surface area contributed by atoms with Crippen LogP contribution >= 0.6 is 11.6 Å². The van der Waals surface area contributed by atoms with E-state index in [1.54, 1.807) is 22.8 Å². The summed E-state index contributed by atoms with van der Waals surface area (Å²) in [5, 5.41) is 8.32. The predicted octanol–water partition coefficient (Wildman–Crippen LogP) is 3.95. The fraction of sp³-hybridized carbons (Fsp3) is 0.143. The first kappa shape index (κ1) is 27.5. The Labute approximate surface area is 238 Å². The number of benzene rings is 3. The van der Waals surface area contributed by atoms with Gasteiger partial charge < -0.3 is 14.8 Å². The number of sulfonamides is 1. The van der Waals surface area contributed by atoms with Crippen molar-refractivity contribution in [2.75, 3.05) is 19.5 Å². The number of rotatable bonds is 10. The van der Waals surface area contributed by atoms with Crippen molar-refractivity contribution in [1.29, 1.82) is 0 Å². The molecule has 0 aliphatic carbocycles. The number of nitrogens with one attached hydrogen (secondary N) is 2. The zero-order chi connectivity index (χ0) is 28.3. The van der Waals surface area contributed by atoms with Gasteiger partial charge in [0.1, 0.15) is 13.7 Å². The Bertz CT molecular complexity index is 1800. The third kappa shape index (κ3) is 5.76. The highest BCUT2D eigenvalue weighted by molar-refractivity contribution is 7.89. The van der Waals surface area contributed by atoms with Crippen molar-refractivity contribution in [2.24, 2.45) is 0 Å². The summed E-state index contributed by atoms with van der Waals surface area (Å²) in [6.07, 6.45) is 1.55. The maximum atomic E-state index is 12.9. The monoisotopic (exact) mass is 573 g/mol. The number of hydrogen-bond donors (Lipinski definition) is 2. The van der Waals surface area contributed by atoms with E-state index in [4.69, 9.17) is 28.9 Å². The molecule has 2 N–H and O–H groups in total. The lowest BCUT2D eigenvalue weighted by Gasteiger charge is -2.13. The number of nitrogens with zero attached hydrogens (tertiary/aromatic N) is 3. The van der Waals surface area contributed by atoms with Gasteiger partial charge in [0.15, 0.2) is 17.1 Å². The molecule has 0 unspecified atom stereocenters. The van der Waals surface area contributed by atoms with Crippen molar-refractivity contribution in [2.45, 2.75) is 18.0 Å². The van der Waals surface area contributed by atoms with E-state index in [1.807, 2.05) is 48.5 Å². The average Bonchev–Trinajstić information content (AvgIpc) is 3.35. The van der Waals surface area contributed by atoms with Gasteiger partial charge in [-0.3, -0.25) is 0 Å². The Morgan fingerprint density at radius 3 is 2.42 bits per heavy atom. The molecule has 5 rings (SSSR count). The SMILES string of the molecule is [B]c1cnn2c(NCc3cccc(CNS(=O)(=O)c4ccc(OC)c(OC)c4)c3)cc(-c3ccccc3Cl)nc12. The number of ether oxygens (including phenoxy) is 2. The van der Waals surface area contributed by atoms with Crippen LogP contribution in [0.1, 0.15) is 11.1 Å². The topological polar surface area (TPSA) is 107 Å². The first-order valence-corrected chi connectivity index (χ1v) is 14.1. The van der Waals surface area contributed by atoms with E-state index in [2.05, 4.69) is 20.1 Å². The summed E-state index contributed by atoms with van der Waals surface area (Å²) in [5.74, 6) is 1.46. The summed E-state index contributed by atoms with van der Waals surface area (Å²) in [7, 11) is 5.29. The second-order valence-corrected chi connectivity index (χ2v) is 11.0. The van der Waals surface area contributed by atoms with Gasteiger partial charge in [-0.15, -0.1) is 0 Å². The normalized spacial score (nSPS) is 11.5. The molecule has 5 aromatic rings. The highest BCUT2D eigenvalue weighted by atomic mass is 35.5. The van der Waals surface area contributed by atoms with Crippen LogP contribution in [0.15, 0.2) is 83.9 Å². The Morgan fingerprint density at radius 1 is 0.925 bits per heavy atom. The average molecular weight is 574 g/mol. The van der Waals surface area contributed by atoms with E-state index in [-0.39, 0.29) is 11.4 Å². The van der Waals surface area contributed by atoms with Crippen molar-refractivity contribution in [3.63, 3.8) is 0 Å². The molecule has 0 bridgehead atoms. The van der Waals surface area contributed by atoms with Gasteiger partial charge >= 0.3 is 0 Å². The molecule has 0 saturated heterocycles. The van der Waals surface area contributed by atoms with Crippen molar-refractivity contribution in [3.8, 4) is 22.8 Å². The molecule has 3 aromatic carbocycles. The second-order valence-electron chi connectivity index (χ2n) is 8.86. The maximum Gasteiger partial charge on any atom is 0.241 e. The summed E-state index contributed by atoms with van der Waals surface area (Å²) < 4.78 is 40.5. The molecule has 0 amide bonds. The molecule has 9 nitrogen and oxygen atoms in total. The van der Waals surface area contributed by atoms with Crippen LogP contribution < -0.4 is 25.0 Å². The van der Waals surface area contributed by atoms with Gasteiger partial charge in [-0.2, -0.15) is 9.61 Å². The molecule has 0 aliphatic rings. The van der Waals surface area contributed by atoms with Crippen LogP contribution in [0.5, 0.6) is 11.5 Å². The largest absolute Gasteiger partial charge is 0.493 e. The van der Waals surface area contributed by atoms with E-state index < -0.39 is 10.0 Å². The minimum Gasteiger partial charge on any atom is -0.493 e. The second kappa shape index (κ2) is 11.6. The Balaban J connectivity index is 1.33. The van der Waals surface area contributed by atoms with Gasteiger partial charge in [-0.1, -0.05) is 54.1 Å². The Morgan fingerprint density at radius 2 is 1.68 bits per heavy atom. The first-order valence-electron chi connectivity index (χ1n) is 12.2. The third-order valence-electron chi connectivity index (χ3n) is 6.25. The van der Waals surface area contributed by atoms with Crippen LogP contribution in [0.25, 0.3) is 16.9 Å². The van der Waals surface area contributed by atoms with Crippen molar-refractivity contribution in [1.82, 2.24) is 19.3 Å². The van der Waals surface area contributed by atoms with Crippen molar-refractivity contribution in [3.05, 3.63) is 95.1 Å². The van der Waals surface area contributed by atoms with E-state index in [0.29, 0.717) is 45.7 Å². The highest BCUT2D eigenvalue weighted by Gasteiger charge is 2.17. The smallest absolute Gasteiger partial charge is 0.241 e. The quantitative estimate of drug-likeness (QED) is 0.244. The maximum absolute atomic E-state index is 12.9. The van der Waals surface area contributed by atoms with Crippen LogP contribution in [0.4, 0.5) is 5.82 Å². The lowest BCUT2D eigenvalue weighted by atomic mass is 10.0. The first-order chi connectivity index (χ1) is 19.3. The number of anilines is 1. The minimum atomic E-state index is -3.78. The van der Waals surface area contributed by atoms with Crippen molar-refractivity contribution < 1.29 is 17.9 Å². The molecule has 0 saturated carbocycles. The molecular formula is C28H25BClN5O4S. The fourth-order valence-electron chi connectivity index (χ4n) is 4.20. The van der Waals surface area contributed by atoms with Crippen LogP contribution in [0, 0.1) is 0 Å². The zero-order valence-corrected chi connectivity index (χ0v) is 23.3. The van der Waals surface area contributed by atoms with Crippen LogP contribution in [-0.4, -0.2) is 45.1 Å².